The summed E-state index contributed by atoms with van der Waals surface area (Å²) in [5.41, 5.74) is 0.758. The number of nitrogens with zero attached hydrogens (tertiary/aromatic N) is 2. The Kier molecular flexibility index (Phi) is 5.10. The highest BCUT2D eigenvalue weighted by Crippen LogP contribution is 2.46. The Hall–Kier alpha value is -3.16. The van der Waals surface area contributed by atoms with Crippen LogP contribution >= 0.6 is 6.89 Å². The van der Waals surface area contributed by atoms with Crippen LogP contribution in [0.5, 0.6) is 0 Å². The van der Waals surface area contributed by atoms with E-state index in [9.17, 15) is 4.79 Å². The molecule has 3 aromatic carbocycles. The number of Topliss-reactive ketones (excluding diaryl/α,β-unsaturated/α-hetero) is 1. The van der Waals surface area contributed by atoms with Crippen molar-refractivity contribution in [3.8, 4) is 0 Å². The number of aromatic nitrogens is 2. The van der Waals surface area contributed by atoms with Crippen molar-refractivity contribution in [1.29, 1.82) is 0 Å². The summed E-state index contributed by atoms with van der Waals surface area (Å²) in [6, 6.07) is 31.1. The van der Waals surface area contributed by atoms with Crippen molar-refractivity contribution in [3.05, 3.63) is 110 Å². The normalized spacial score (nSPS) is 11.2. The number of carbonyl (C=O) groups excluding carboxylic acids is 1. The second-order valence-electron chi connectivity index (χ2n) is 6.53. The minimum Gasteiger partial charge on any atom is -0.302 e. The minimum atomic E-state index is -2.42. The van der Waals surface area contributed by atoms with Crippen LogP contribution in [0.3, 0.4) is 0 Å². The van der Waals surface area contributed by atoms with Crippen LogP contribution in [0.15, 0.2) is 110 Å². The average molecular weight is 384 g/mol. The quantitative estimate of drug-likeness (QED) is 0.494. The zero-order chi connectivity index (χ0) is 19.4. The number of imidazole rings is 1. The molecule has 4 rings (SSSR count). The molecule has 0 saturated heterocycles. The highest BCUT2D eigenvalue weighted by atomic mass is 31.2. The lowest BCUT2D eigenvalue weighted by atomic mass is 10.3. The molecule has 0 aliphatic rings. The molecule has 0 radical (unpaired) electrons. The van der Waals surface area contributed by atoms with E-state index in [1.165, 1.54) is 0 Å². The highest BCUT2D eigenvalue weighted by Gasteiger charge is 2.32. The predicted molar refractivity (Wildman–Crippen MR) is 118 cm³/mol. The first-order valence-corrected chi connectivity index (χ1v) is 11.0. The number of ketones is 1. The lowest BCUT2D eigenvalue weighted by molar-refractivity contribution is -0.111. The van der Waals surface area contributed by atoms with Crippen molar-refractivity contribution < 1.29 is 4.79 Å². The Morgan fingerprint density at radius 3 is 1.50 bits per heavy atom. The summed E-state index contributed by atoms with van der Waals surface area (Å²) in [4.78, 5) is 17.4. The zero-order valence-electron chi connectivity index (χ0n) is 15.6. The van der Waals surface area contributed by atoms with Gasteiger partial charge in [0.1, 0.15) is 0 Å². The monoisotopic (exact) mass is 384 g/mol. The van der Waals surface area contributed by atoms with Crippen LogP contribution in [0.1, 0.15) is 6.92 Å². The minimum absolute atomic E-state index is 0.0443. The molecule has 4 aromatic rings. The summed E-state index contributed by atoms with van der Waals surface area (Å²) in [5.74, 6) is 0.0443. The molecule has 0 spiro atoms. The van der Waals surface area contributed by atoms with Crippen molar-refractivity contribution in [1.82, 2.24) is 9.55 Å². The van der Waals surface area contributed by atoms with Gasteiger partial charge in [0.15, 0.2) is 5.78 Å². The van der Waals surface area contributed by atoms with E-state index in [1.54, 1.807) is 19.4 Å². The maximum atomic E-state index is 13.2. The van der Waals surface area contributed by atoms with E-state index in [0.717, 1.165) is 21.3 Å². The van der Waals surface area contributed by atoms with Gasteiger partial charge < -0.3 is 4.57 Å². The molecule has 0 aliphatic carbocycles. The standard InChI is InChI=1S/C24H21N2OP/c1-20(27)24(26-18-17-25-19-26)28(21-11-5-2-6-12-21,22-13-7-3-8-14-22)23-15-9-4-10-16-23/h2-19H,1H3. The van der Waals surface area contributed by atoms with Crippen molar-refractivity contribution >= 4 is 34.0 Å². The first kappa shape index (κ1) is 18.2. The van der Waals surface area contributed by atoms with Gasteiger partial charge in [-0.3, -0.25) is 4.79 Å². The molecule has 3 nitrogen and oxygen atoms in total. The maximum Gasteiger partial charge on any atom is 0.177 e. The van der Waals surface area contributed by atoms with Gasteiger partial charge in [0, 0.05) is 26.2 Å². The van der Waals surface area contributed by atoms with Gasteiger partial charge in [-0.1, -0.05) is 91.0 Å². The molecular weight excluding hydrogens is 363 g/mol. The van der Waals surface area contributed by atoms with Gasteiger partial charge in [-0.2, -0.15) is 0 Å². The smallest absolute Gasteiger partial charge is 0.177 e. The van der Waals surface area contributed by atoms with Gasteiger partial charge in [-0.15, -0.1) is 0 Å². The van der Waals surface area contributed by atoms with E-state index >= 15 is 0 Å². The topological polar surface area (TPSA) is 34.9 Å². The number of hydrogen-bond donors (Lipinski definition) is 0. The van der Waals surface area contributed by atoms with E-state index in [1.807, 2.05) is 65.4 Å². The van der Waals surface area contributed by atoms with Gasteiger partial charge in [-0.25, -0.2) is 4.98 Å². The second kappa shape index (κ2) is 7.84. The predicted octanol–water partition coefficient (Wildman–Crippen LogP) is 3.44. The van der Waals surface area contributed by atoms with Crippen LogP contribution < -0.4 is 15.9 Å². The van der Waals surface area contributed by atoms with E-state index < -0.39 is 6.89 Å². The maximum absolute atomic E-state index is 13.2. The molecule has 0 N–H and O–H groups in total. The summed E-state index contributed by atoms with van der Waals surface area (Å²) in [5, 5.41) is 3.43. The lowest BCUT2D eigenvalue weighted by Gasteiger charge is -2.32. The molecule has 0 atom stereocenters. The fourth-order valence-corrected chi connectivity index (χ4v) is 8.17. The van der Waals surface area contributed by atoms with Crippen molar-refractivity contribution in [2.24, 2.45) is 0 Å². The molecule has 0 amide bonds. The van der Waals surface area contributed by atoms with E-state index in [4.69, 9.17) is 0 Å². The van der Waals surface area contributed by atoms with Crippen molar-refractivity contribution in [2.45, 2.75) is 6.92 Å². The Labute approximate surface area is 165 Å². The third-order valence-corrected chi connectivity index (χ3v) is 9.21. The van der Waals surface area contributed by atoms with Crippen LogP contribution in [-0.2, 0) is 4.79 Å². The molecule has 1 heterocycles. The van der Waals surface area contributed by atoms with E-state index in [0.29, 0.717) is 0 Å². The molecule has 28 heavy (non-hydrogen) atoms. The van der Waals surface area contributed by atoms with Crippen molar-refractivity contribution in [2.75, 3.05) is 0 Å². The summed E-state index contributed by atoms with van der Waals surface area (Å²) in [7, 11) is 0. The van der Waals surface area contributed by atoms with Crippen LogP contribution in [0.4, 0.5) is 0 Å². The molecular formula is C24H21N2OP. The first-order chi connectivity index (χ1) is 13.7. The first-order valence-electron chi connectivity index (χ1n) is 9.17. The van der Waals surface area contributed by atoms with Gasteiger partial charge in [0.25, 0.3) is 0 Å². The second-order valence-corrected chi connectivity index (χ2v) is 9.84. The fourth-order valence-electron chi connectivity index (χ4n) is 3.74. The fraction of sp³-hybridized carbons (Fsp3) is 0.0417. The SMILES string of the molecule is CC(=O)C(n1ccnc1)=P(c1ccccc1)(c1ccccc1)c1ccccc1. The molecule has 0 unspecified atom stereocenters. The van der Waals surface area contributed by atoms with Crippen molar-refractivity contribution in [3.63, 3.8) is 0 Å². The lowest BCUT2D eigenvalue weighted by Crippen LogP contribution is -2.35. The molecule has 1 aromatic heterocycles. The number of benzene rings is 3. The van der Waals surface area contributed by atoms with E-state index in [-0.39, 0.29) is 5.78 Å². The Bertz CT molecular complexity index is 1020. The molecule has 4 heteroatoms. The van der Waals surface area contributed by atoms with Crippen LogP contribution in [0.25, 0.3) is 0 Å². The molecule has 0 saturated carbocycles. The average Bonchev–Trinajstić information content (AvgIpc) is 3.27. The largest absolute Gasteiger partial charge is 0.302 e. The highest BCUT2D eigenvalue weighted by molar-refractivity contribution is 7.96. The van der Waals surface area contributed by atoms with Crippen LogP contribution in [0.2, 0.25) is 0 Å². The van der Waals surface area contributed by atoms with Gasteiger partial charge in [-0.05, 0) is 15.9 Å². The van der Waals surface area contributed by atoms with Gasteiger partial charge >= 0.3 is 0 Å². The number of carbonyl (C=O) groups is 1. The number of rotatable bonds is 5. The Morgan fingerprint density at radius 1 is 0.750 bits per heavy atom. The summed E-state index contributed by atoms with van der Waals surface area (Å²) in [6.07, 6.45) is 5.30. The molecule has 0 bridgehead atoms. The summed E-state index contributed by atoms with van der Waals surface area (Å²) >= 11 is 0. The van der Waals surface area contributed by atoms with Crippen LogP contribution in [-0.4, -0.2) is 20.8 Å². The van der Waals surface area contributed by atoms with Gasteiger partial charge in [0.05, 0.1) is 11.7 Å². The number of hydrogen-bond acceptors (Lipinski definition) is 2. The Balaban J connectivity index is 2.30. The molecule has 0 aliphatic heterocycles. The Morgan fingerprint density at radius 2 is 1.18 bits per heavy atom. The van der Waals surface area contributed by atoms with E-state index in [2.05, 4.69) is 41.4 Å². The summed E-state index contributed by atoms with van der Waals surface area (Å²) < 4.78 is 1.89. The third kappa shape index (κ3) is 3.04. The van der Waals surface area contributed by atoms with Gasteiger partial charge in [0.2, 0.25) is 0 Å². The third-order valence-electron chi connectivity index (χ3n) is 4.81. The van der Waals surface area contributed by atoms with Crippen LogP contribution in [0, 0.1) is 0 Å². The summed E-state index contributed by atoms with van der Waals surface area (Å²) in [6.45, 7) is -0.766. The molecule has 138 valence electrons. The zero-order valence-corrected chi connectivity index (χ0v) is 16.5. The molecule has 0 fully saturated rings.